The molecular formula is C13H14ClNO2S. The number of rotatable bonds is 4. The monoisotopic (exact) mass is 283 g/mol. The Kier molecular flexibility index (Phi) is 4.09. The Morgan fingerprint density at radius 3 is 2.83 bits per heavy atom. The van der Waals surface area contributed by atoms with E-state index < -0.39 is 0 Å². The Morgan fingerprint density at radius 2 is 2.22 bits per heavy atom. The van der Waals surface area contributed by atoms with Crippen LogP contribution in [0.15, 0.2) is 24.4 Å². The van der Waals surface area contributed by atoms with E-state index in [4.69, 9.17) is 16.3 Å². The van der Waals surface area contributed by atoms with Crippen molar-refractivity contribution in [3.8, 4) is 0 Å². The van der Waals surface area contributed by atoms with Gasteiger partial charge in [-0.2, -0.15) is 0 Å². The van der Waals surface area contributed by atoms with Gasteiger partial charge in [0.25, 0.3) is 0 Å². The molecule has 2 aromatic rings. The van der Waals surface area contributed by atoms with E-state index in [1.165, 1.54) is 11.3 Å². The van der Waals surface area contributed by atoms with Crippen molar-refractivity contribution in [1.82, 2.24) is 4.57 Å². The minimum absolute atomic E-state index is 0.275. The van der Waals surface area contributed by atoms with Crippen LogP contribution in [0.5, 0.6) is 0 Å². The molecule has 0 bridgehead atoms. The first-order chi connectivity index (χ1) is 8.61. The van der Waals surface area contributed by atoms with Crippen molar-refractivity contribution in [2.24, 2.45) is 0 Å². The standard InChI is InChI=1S/C13H14ClNO2S/c1-3-17-13(16)12-9(2)6-7-15(12)8-10-4-5-11(14)18-10/h4-7H,3,8H2,1-2H3. The van der Waals surface area contributed by atoms with Gasteiger partial charge >= 0.3 is 5.97 Å². The molecule has 0 fully saturated rings. The van der Waals surface area contributed by atoms with Gasteiger partial charge in [0.05, 0.1) is 17.5 Å². The van der Waals surface area contributed by atoms with Gasteiger partial charge in [0.1, 0.15) is 5.69 Å². The molecule has 0 atom stereocenters. The number of hydrogen-bond donors (Lipinski definition) is 0. The fourth-order valence-corrected chi connectivity index (χ4v) is 2.88. The topological polar surface area (TPSA) is 31.2 Å². The quantitative estimate of drug-likeness (QED) is 0.801. The van der Waals surface area contributed by atoms with Gasteiger partial charge in [-0.05, 0) is 37.6 Å². The molecule has 0 spiro atoms. The highest BCUT2D eigenvalue weighted by atomic mass is 35.5. The van der Waals surface area contributed by atoms with Crippen LogP contribution in [-0.2, 0) is 11.3 Å². The second-order valence-electron chi connectivity index (χ2n) is 3.90. The smallest absolute Gasteiger partial charge is 0.355 e. The predicted octanol–water partition coefficient (Wildman–Crippen LogP) is 3.74. The number of nitrogens with zero attached hydrogens (tertiary/aromatic N) is 1. The lowest BCUT2D eigenvalue weighted by Crippen LogP contribution is -2.13. The zero-order valence-corrected chi connectivity index (χ0v) is 11.8. The lowest BCUT2D eigenvalue weighted by Gasteiger charge is -2.08. The van der Waals surface area contributed by atoms with Crippen molar-refractivity contribution >= 4 is 28.9 Å². The van der Waals surface area contributed by atoms with E-state index in [1.54, 1.807) is 6.92 Å². The maximum atomic E-state index is 11.9. The van der Waals surface area contributed by atoms with Crippen LogP contribution >= 0.6 is 22.9 Å². The third-order valence-electron chi connectivity index (χ3n) is 2.59. The molecule has 0 unspecified atom stereocenters. The molecule has 0 aliphatic heterocycles. The second kappa shape index (κ2) is 5.59. The summed E-state index contributed by atoms with van der Waals surface area (Å²) in [5, 5.41) is 0. The van der Waals surface area contributed by atoms with Crippen molar-refractivity contribution in [2.45, 2.75) is 20.4 Å². The SMILES string of the molecule is CCOC(=O)c1c(C)ccn1Cc1ccc(Cl)s1. The Morgan fingerprint density at radius 1 is 1.44 bits per heavy atom. The third kappa shape index (κ3) is 2.76. The molecule has 96 valence electrons. The Bertz CT molecular complexity index is 559. The Hall–Kier alpha value is -1.26. The summed E-state index contributed by atoms with van der Waals surface area (Å²) in [7, 11) is 0. The van der Waals surface area contributed by atoms with Gasteiger partial charge in [0, 0.05) is 11.1 Å². The first kappa shape index (κ1) is 13.2. The first-order valence-electron chi connectivity index (χ1n) is 5.69. The zero-order chi connectivity index (χ0) is 13.1. The number of carbonyl (C=O) groups excluding carboxylic acids is 1. The summed E-state index contributed by atoms with van der Waals surface area (Å²) in [6.07, 6.45) is 1.90. The molecule has 2 rings (SSSR count). The van der Waals surface area contributed by atoms with Crippen molar-refractivity contribution in [3.63, 3.8) is 0 Å². The van der Waals surface area contributed by atoms with Gasteiger partial charge in [-0.1, -0.05) is 11.6 Å². The van der Waals surface area contributed by atoms with Crippen LogP contribution in [0.4, 0.5) is 0 Å². The van der Waals surface area contributed by atoms with Gasteiger partial charge in [-0.15, -0.1) is 11.3 Å². The summed E-state index contributed by atoms with van der Waals surface area (Å²) in [6.45, 7) is 4.73. The molecule has 0 aliphatic rings. The van der Waals surface area contributed by atoms with Crippen LogP contribution in [0, 0.1) is 6.92 Å². The summed E-state index contributed by atoms with van der Waals surface area (Å²) in [6, 6.07) is 5.75. The lowest BCUT2D eigenvalue weighted by atomic mass is 10.3. The van der Waals surface area contributed by atoms with Crippen molar-refractivity contribution in [3.05, 3.63) is 44.9 Å². The van der Waals surface area contributed by atoms with Crippen LogP contribution < -0.4 is 0 Å². The Labute approximate surface area is 115 Å². The van der Waals surface area contributed by atoms with E-state index in [0.717, 1.165) is 14.8 Å². The molecule has 0 saturated heterocycles. The summed E-state index contributed by atoms with van der Waals surface area (Å²) in [5.74, 6) is -0.275. The number of esters is 1. The summed E-state index contributed by atoms with van der Waals surface area (Å²) in [5.41, 5.74) is 1.54. The normalized spacial score (nSPS) is 10.6. The lowest BCUT2D eigenvalue weighted by molar-refractivity contribution is 0.0513. The highest BCUT2D eigenvalue weighted by Crippen LogP contribution is 2.23. The van der Waals surface area contributed by atoms with E-state index in [1.807, 2.05) is 35.9 Å². The third-order valence-corrected chi connectivity index (χ3v) is 3.80. The average molecular weight is 284 g/mol. The zero-order valence-electron chi connectivity index (χ0n) is 10.3. The van der Waals surface area contributed by atoms with Gasteiger partial charge in [0.15, 0.2) is 0 Å². The highest BCUT2D eigenvalue weighted by Gasteiger charge is 2.16. The van der Waals surface area contributed by atoms with Gasteiger partial charge in [0.2, 0.25) is 0 Å². The van der Waals surface area contributed by atoms with E-state index in [-0.39, 0.29) is 5.97 Å². The molecule has 3 nitrogen and oxygen atoms in total. The Balaban J connectivity index is 2.26. The fourth-order valence-electron chi connectivity index (χ4n) is 1.80. The minimum Gasteiger partial charge on any atom is -0.461 e. The molecule has 2 heterocycles. The molecule has 0 aromatic carbocycles. The van der Waals surface area contributed by atoms with E-state index in [0.29, 0.717) is 18.8 Å². The van der Waals surface area contributed by atoms with Gasteiger partial charge in [-0.25, -0.2) is 4.79 Å². The number of halogens is 1. The number of aromatic nitrogens is 1. The van der Waals surface area contributed by atoms with Crippen molar-refractivity contribution in [2.75, 3.05) is 6.61 Å². The van der Waals surface area contributed by atoms with Gasteiger partial charge in [-0.3, -0.25) is 0 Å². The summed E-state index contributed by atoms with van der Waals surface area (Å²) in [4.78, 5) is 13.0. The van der Waals surface area contributed by atoms with E-state index in [2.05, 4.69) is 0 Å². The van der Waals surface area contributed by atoms with Crippen LogP contribution in [0.2, 0.25) is 4.34 Å². The molecule has 5 heteroatoms. The number of ether oxygens (including phenoxy) is 1. The van der Waals surface area contributed by atoms with Gasteiger partial charge < -0.3 is 9.30 Å². The minimum atomic E-state index is -0.275. The molecule has 0 radical (unpaired) electrons. The van der Waals surface area contributed by atoms with E-state index in [9.17, 15) is 4.79 Å². The predicted molar refractivity (Wildman–Crippen MR) is 73.6 cm³/mol. The number of thiophene rings is 1. The molecule has 0 aliphatic carbocycles. The summed E-state index contributed by atoms with van der Waals surface area (Å²) >= 11 is 7.42. The fraction of sp³-hybridized carbons (Fsp3) is 0.308. The highest BCUT2D eigenvalue weighted by molar-refractivity contribution is 7.16. The van der Waals surface area contributed by atoms with Crippen molar-refractivity contribution < 1.29 is 9.53 Å². The second-order valence-corrected chi connectivity index (χ2v) is 5.70. The van der Waals surface area contributed by atoms with Crippen LogP contribution in [-0.4, -0.2) is 17.1 Å². The number of hydrogen-bond acceptors (Lipinski definition) is 3. The van der Waals surface area contributed by atoms with Crippen LogP contribution in [0.1, 0.15) is 27.9 Å². The van der Waals surface area contributed by atoms with Crippen LogP contribution in [0.3, 0.4) is 0 Å². The molecule has 0 N–H and O–H groups in total. The summed E-state index contributed by atoms with van der Waals surface area (Å²) < 4.78 is 7.72. The molecular weight excluding hydrogens is 270 g/mol. The molecule has 18 heavy (non-hydrogen) atoms. The number of carbonyl (C=O) groups is 1. The molecule has 0 saturated carbocycles. The molecule has 0 amide bonds. The maximum absolute atomic E-state index is 11.9. The maximum Gasteiger partial charge on any atom is 0.355 e. The average Bonchev–Trinajstić information content (AvgIpc) is 2.87. The first-order valence-corrected chi connectivity index (χ1v) is 6.88. The van der Waals surface area contributed by atoms with Crippen molar-refractivity contribution in [1.29, 1.82) is 0 Å². The number of aryl methyl sites for hydroxylation is 1. The molecule has 2 aromatic heterocycles. The van der Waals surface area contributed by atoms with Crippen LogP contribution in [0.25, 0.3) is 0 Å². The largest absolute Gasteiger partial charge is 0.461 e. The van der Waals surface area contributed by atoms with E-state index >= 15 is 0 Å².